The number of hydrogen-bond donors (Lipinski definition) is 1. The first-order valence-electron chi connectivity index (χ1n) is 5.23. The van der Waals surface area contributed by atoms with Gasteiger partial charge in [-0.25, -0.2) is 4.79 Å². The van der Waals surface area contributed by atoms with Gasteiger partial charge in [-0.1, -0.05) is 18.2 Å². The summed E-state index contributed by atoms with van der Waals surface area (Å²) in [5.41, 5.74) is 0.442. The fourth-order valence-corrected chi connectivity index (χ4v) is 1.52. The number of carbonyl (C=O) groups excluding carboxylic acids is 1. The number of rotatable bonds is 5. The first-order valence-corrected chi connectivity index (χ1v) is 5.23. The third-order valence-electron chi connectivity index (χ3n) is 2.34. The number of ether oxygens (including phenoxy) is 1. The van der Waals surface area contributed by atoms with Crippen LogP contribution in [0.1, 0.15) is 17.3 Å². The summed E-state index contributed by atoms with van der Waals surface area (Å²) in [5.74, 6) is -1.54. The van der Waals surface area contributed by atoms with Gasteiger partial charge in [0.1, 0.15) is 0 Å². The molecule has 0 fully saturated rings. The van der Waals surface area contributed by atoms with Crippen molar-refractivity contribution in [2.45, 2.75) is 13.2 Å². The summed E-state index contributed by atoms with van der Waals surface area (Å²) < 4.78 is 4.81. The lowest BCUT2D eigenvalue weighted by molar-refractivity contribution is -0.158. The molecule has 1 rings (SSSR count). The molecule has 1 aromatic rings. The standard InChI is InChI=1S/C12H15NO4/c1-3-13(11(17-2)12(15)16)10(14)9-7-5-4-6-8-9/h4-8,11H,3H2,1-2H3,(H,15,16). The van der Waals surface area contributed by atoms with E-state index in [1.54, 1.807) is 37.3 Å². The molecule has 0 aliphatic carbocycles. The molecule has 0 saturated heterocycles. The molecule has 0 saturated carbocycles. The van der Waals surface area contributed by atoms with E-state index >= 15 is 0 Å². The van der Waals surface area contributed by atoms with Crippen molar-refractivity contribution in [1.29, 1.82) is 0 Å². The predicted octanol–water partition coefficient (Wildman–Crippen LogP) is 1.21. The third-order valence-corrected chi connectivity index (χ3v) is 2.34. The summed E-state index contributed by atoms with van der Waals surface area (Å²) in [6.45, 7) is 1.97. The molecule has 1 N–H and O–H groups in total. The zero-order valence-electron chi connectivity index (χ0n) is 9.79. The lowest BCUT2D eigenvalue weighted by Crippen LogP contribution is -2.46. The number of nitrogens with zero attached hydrogens (tertiary/aromatic N) is 1. The molecule has 1 aromatic carbocycles. The maximum absolute atomic E-state index is 12.1. The van der Waals surface area contributed by atoms with Gasteiger partial charge in [-0.2, -0.15) is 0 Å². The van der Waals surface area contributed by atoms with Gasteiger partial charge in [-0.05, 0) is 19.1 Å². The molecule has 0 bridgehead atoms. The highest BCUT2D eigenvalue weighted by Gasteiger charge is 2.28. The maximum Gasteiger partial charge on any atom is 0.354 e. The van der Waals surface area contributed by atoms with Crippen LogP contribution in [0.4, 0.5) is 0 Å². The Balaban J connectivity index is 2.95. The fourth-order valence-electron chi connectivity index (χ4n) is 1.52. The number of likely N-dealkylation sites (N-methyl/N-ethyl adjacent to an activating group) is 1. The van der Waals surface area contributed by atoms with Crippen LogP contribution in [0.15, 0.2) is 30.3 Å². The van der Waals surface area contributed by atoms with Crippen LogP contribution in [-0.2, 0) is 9.53 Å². The molecule has 5 heteroatoms. The van der Waals surface area contributed by atoms with E-state index in [1.165, 1.54) is 7.11 Å². The number of hydrogen-bond acceptors (Lipinski definition) is 3. The second kappa shape index (κ2) is 6.00. The van der Waals surface area contributed by atoms with Gasteiger partial charge in [0.05, 0.1) is 0 Å². The van der Waals surface area contributed by atoms with Crippen LogP contribution in [0.2, 0.25) is 0 Å². The monoisotopic (exact) mass is 237 g/mol. The zero-order chi connectivity index (χ0) is 12.8. The molecule has 92 valence electrons. The normalized spacial score (nSPS) is 11.9. The summed E-state index contributed by atoms with van der Waals surface area (Å²) >= 11 is 0. The fraction of sp³-hybridized carbons (Fsp3) is 0.333. The molecule has 0 spiro atoms. The molecule has 1 amide bonds. The van der Waals surface area contributed by atoms with Gasteiger partial charge in [0.25, 0.3) is 5.91 Å². The molecule has 5 nitrogen and oxygen atoms in total. The summed E-state index contributed by atoms with van der Waals surface area (Å²) in [6, 6.07) is 8.52. The Morgan fingerprint density at radius 2 is 1.94 bits per heavy atom. The van der Waals surface area contributed by atoms with Crippen LogP contribution in [0.25, 0.3) is 0 Å². The molecule has 1 atom stereocenters. The quantitative estimate of drug-likeness (QED) is 0.781. The Labute approximate surface area is 99.6 Å². The van der Waals surface area contributed by atoms with E-state index in [9.17, 15) is 9.59 Å². The first-order chi connectivity index (χ1) is 8.11. The van der Waals surface area contributed by atoms with Gasteiger partial charge in [0.2, 0.25) is 6.23 Å². The van der Waals surface area contributed by atoms with Crippen LogP contribution in [0.3, 0.4) is 0 Å². The molecule has 17 heavy (non-hydrogen) atoms. The molecule has 1 unspecified atom stereocenters. The molecule has 0 aromatic heterocycles. The van der Waals surface area contributed by atoms with Crippen molar-refractivity contribution < 1.29 is 19.4 Å². The van der Waals surface area contributed by atoms with Gasteiger partial charge in [-0.3, -0.25) is 4.79 Å². The van der Waals surface area contributed by atoms with E-state index in [0.29, 0.717) is 5.56 Å². The number of carbonyl (C=O) groups is 2. The van der Waals surface area contributed by atoms with E-state index in [4.69, 9.17) is 9.84 Å². The van der Waals surface area contributed by atoms with Crippen molar-refractivity contribution >= 4 is 11.9 Å². The smallest absolute Gasteiger partial charge is 0.354 e. The SMILES string of the molecule is CCN(C(=O)c1ccccc1)C(OC)C(=O)O. The van der Waals surface area contributed by atoms with Gasteiger partial charge >= 0.3 is 5.97 Å². The highest BCUT2D eigenvalue weighted by atomic mass is 16.5. The summed E-state index contributed by atoms with van der Waals surface area (Å²) in [6.07, 6.45) is -1.26. The minimum atomic E-state index is -1.26. The molecule has 0 aliphatic heterocycles. The van der Waals surface area contributed by atoms with Crippen LogP contribution >= 0.6 is 0 Å². The zero-order valence-corrected chi connectivity index (χ0v) is 9.79. The Kier molecular flexibility index (Phi) is 4.66. The number of amides is 1. The Hall–Kier alpha value is -1.88. The van der Waals surface area contributed by atoms with E-state index in [-0.39, 0.29) is 12.5 Å². The van der Waals surface area contributed by atoms with Crippen LogP contribution < -0.4 is 0 Å². The number of carboxylic acid groups (broad SMARTS) is 1. The summed E-state index contributed by atoms with van der Waals surface area (Å²) in [4.78, 5) is 24.2. The molecule has 0 aliphatic rings. The van der Waals surface area contributed by atoms with Crippen LogP contribution in [0, 0.1) is 0 Å². The van der Waals surface area contributed by atoms with E-state index in [0.717, 1.165) is 4.90 Å². The van der Waals surface area contributed by atoms with E-state index in [1.807, 2.05) is 0 Å². The highest BCUT2D eigenvalue weighted by Crippen LogP contribution is 2.09. The minimum absolute atomic E-state index is 0.262. The van der Waals surface area contributed by atoms with Crippen molar-refractivity contribution in [3.63, 3.8) is 0 Å². The topological polar surface area (TPSA) is 66.8 Å². The lowest BCUT2D eigenvalue weighted by Gasteiger charge is -2.26. The number of benzene rings is 1. The summed E-state index contributed by atoms with van der Waals surface area (Å²) in [5, 5.41) is 8.95. The average Bonchev–Trinajstić information content (AvgIpc) is 2.35. The van der Waals surface area contributed by atoms with E-state index < -0.39 is 12.2 Å². The lowest BCUT2D eigenvalue weighted by atomic mass is 10.2. The largest absolute Gasteiger partial charge is 0.478 e. The third kappa shape index (κ3) is 3.04. The molecular formula is C12H15NO4. The Morgan fingerprint density at radius 3 is 2.35 bits per heavy atom. The number of methoxy groups -OCH3 is 1. The minimum Gasteiger partial charge on any atom is -0.478 e. The number of aliphatic carboxylic acids is 1. The van der Waals surface area contributed by atoms with Crippen LogP contribution in [0.5, 0.6) is 0 Å². The predicted molar refractivity (Wildman–Crippen MR) is 61.6 cm³/mol. The Bertz CT molecular complexity index is 391. The molecular weight excluding hydrogens is 222 g/mol. The highest BCUT2D eigenvalue weighted by molar-refractivity contribution is 5.96. The van der Waals surface area contributed by atoms with Crippen molar-refractivity contribution in [2.75, 3.05) is 13.7 Å². The number of carboxylic acids is 1. The summed E-state index contributed by atoms with van der Waals surface area (Å²) in [7, 11) is 1.26. The second-order valence-corrected chi connectivity index (χ2v) is 3.38. The van der Waals surface area contributed by atoms with Crippen LogP contribution in [-0.4, -0.2) is 41.8 Å². The maximum atomic E-state index is 12.1. The molecule has 0 heterocycles. The van der Waals surface area contributed by atoms with Crippen molar-refractivity contribution in [3.8, 4) is 0 Å². The van der Waals surface area contributed by atoms with Gasteiger partial charge in [0, 0.05) is 19.2 Å². The van der Waals surface area contributed by atoms with E-state index in [2.05, 4.69) is 0 Å². The average molecular weight is 237 g/mol. The van der Waals surface area contributed by atoms with Gasteiger partial charge < -0.3 is 14.7 Å². The molecule has 0 radical (unpaired) electrons. The first kappa shape index (κ1) is 13.2. The second-order valence-electron chi connectivity index (χ2n) is 3.38. The van der Waals surface area contributed by atoms with Crippen molar-refractivity contribution in [3.05, 3.63) is 35.9 Å². The Morgan fingerprint density at radius 1 is 1.35 bits per heavy atom. The van der Waals surface area contributed by atoms with Gasteiger partial charge in [-0.15, -0.1) is 0 Å². The van der Waals surface area contributed by atoms with Crippen molar-refractivity contribution in [1.82, 2.24) is 4.90 Å². The van der Waals surface area contributed by atoms with Gasteiger partial charge in [0.15, 0.2) is 0 Å². The van der Waals surface area contributed by atoms with Crippen molar-refractivity contribution in [2.24, 2.45) is 0 Å².